The minimum atomic E-state index is -3.47. The third-order valence-electron chi connectivity index (χ3n) is 5.27. The van der Waals surface area contributed by atoms with Gasteiger partial charge in [0.15, 0.2) is 11.7 Å². The number of carbonyl (C=O) groups is 1. The number of nitrogens with one attached hydrogen (secondary N) is 1. The molecule has 1 amide bonds. The number of rotatable bonds is 7. The van der Waals surface area contributed by atoms with E-state index in [-0.39, 0.29) is 17.2 Å². The van der Waals surface area contributed by atoms with E-state index in [1.165, 1.54) is 4.31 Å². The van der Waals surface area contributed by atoms with E-state index >= 15 is 0 Å². The van der Waals surface area contributed by atoms with Crippen LogP contribution in [0.15, 0.2) is 70.1 Å². The maximum Gasteiger partial charge on any atom is 0.243 e. The Morgan fingerprint density at radius 2 is 1.71 bits per heavy atom. The molecule has 3 aromatic rings. The molecule has 1 aliphatic rings. The van der Waals surface area contributed by atoms with Crippen molar-refractivity contribution >= 4 is 21.6 Å². The standard InChI is InChI=1S/C23H25N3O4S/c27-22(13-14-23-24-17-21(30-23)18-7-3-1-4-8-18)25-19-9-11-20(12-10-19)31(28,29)26-15-5-2-6-16-26/h1,3-4,7-12,17H,2,5-6,13-16H2,(H,25,27). The maximum absolute atomic E-state index is 12.7. The van der Waals surface area contributed by atoms with E-state index in [2.05, 4.69) is 10.3 Å². The Morgan fingerprint density at radius 1 is 1.00 bits per heavy atom. The predicted octanol–water partition coefficient (Wildman–Crippen LogP) is 4.09. The summed E-state index contributed by atoms with van der Waals surface area (Å²) in [5, 5.41) is 2.79. The second-order valence-corrected chi connectivity index (χ2v) is 9.46. The van der Waals surface area contributed by atoms with Crippen LogP contribution in [-0.2, 0) is 21.2 Å². The Morgan fingerprint density at radius 3 is 2.42 bits per heavy atom. The van der Waals surface area contributed by atoms with Gasteiger partial charge in [-0.2, -0.15) is 4.31 Å². The van der Waals surface area contributed by atoms with Crippen molar-refractivity contribution in [2.24, 2.45) is 0 Å². The fraction of sp³-hybridized carbons (Fsp3) is 0.304. The first-order valence-electron chi connectivity index (χ1n) is 10.4. The number of oxazole rings is 1. The number of carbonyl (C=O) groups excluding carboxylic acids is 1. The minimum Gasteiger partial charge on any atom is -0.441 e. The highest BCUT2D eigenvalue weighted by molar-refractivity contribution is 7.89. The lowest BCUT2D eigenvalue weighted by Gasteiger charge is -2.25. The monoisotopic (exact) mass is 439 g/mol. The topological polar surface area (TPSA) is 92.5 Å². The summed E-state index contributed by atoms with van der Waals surface area (Å²) in [6.07, 6.45) is 5.10. The van der Waals surface area contributed by atoms with Crippen molar-refractivity contribution in [3.63, 3.8) is 0 Å². The molecule has 162 valence electrons. The van der Waals surface area contributed by atoms with Crippen LogP contribution < -0.4 is 5.32 Å². The van der Waals surface area contributed by atoms with Crippen molar-refractivity contribution in [1.29, 1.82) is 0 Å². The lowest BCUT2D eigenvalue weighted by molar-refractivity contribution is -0.116. The van der Waals surface area contributed by atoms with Crippen molar-refractivity contribution in [2.45, 2.75) is 37.0 Å². The zero-order chi connectivity index (χ0) is 21.7. The molecule has 1 N–H and O–H groups in total. The Bertz CT molecular complexity index is 1120. The normalized spacial score (nSPS) is 15.0. The van der Waals surface area contributed by atoms with Crippen LogP contribution in [0.2, 0.25) is 0 Å². The summed E-state index contributed by atoms with van der Waals surface area (Å²) in [4.78, 5) is 16.8. The van der Waals surface area contributed by atoms with Crippen LogP contribution in [0.3, 0.4) is 0 Å². The van der Waals surface area contributed by atoms with Crippen LogP contribution in [0, 0.1) is 0 Å². The summed E-state index contributed by atoms with van der Waals surface area (Å²) in [6, 6.07) is 16.0. The predicted molar refractivity (Wildman–Crippen MR) is 118 cm³/mol. The molecule has 0 bridgehead atoms. The van der Waals surface area contributed by atoms with Crippen LogP contribution in [0.4, 0.5) is 5.69 Å². The largest absolute Gasteiger partial charge is 0.441 e. The zero-order valence-corrected chi connectivity index (χ0v) is 18.0. The number of hydrogen-bond acceptors (Lipinski definition) is 5. The highest BCUT2D eigenvalue weighted by Gasteiger charge is 2.25. The molecule has 0 atom stereocenters. The third kappa shape index (κ3) is 5.21. The average molecular weight is 440 g/mol. The Balaban J connectivity index is 1.31. The number of amides is 1. The second-order valence-electron chi connectivity index (χ2n) is 7.52. The molecule has 1 saturated heterocycles. The van der Waals surface area contributed by atoms with Gasteiger partial charge in [-0.05, 0) is 37.1 Å². The van der Waals surface area contributed by atoms with Crippen molar-refractivity contribution in [2.75, 3.05) is 18.4 Å². The summed E-state index contributed by atoms with van der Waals surface area (Å²) in [6.45, 7) is 1.13. The van der Waals surface area contributed by atoms with Gasteiger partial charge < -0.3 is 9.73 Å². The number of aromatic nitrogens is 1. The quantitative estimate of drug-likeness (QED) is 0.599. The highest BCUT2D eigenvalue weighted by Crippen LogP contribution is 2.23. The van der Waals surface area contributed by atoms with Crippen LogP contribution in [0.25, 0.3) is 11.3 Å². The van der Waals surface area contributed by atoms with Gasteiger partial charge in [0.25, 0.3) is 0 Å². The molecule has 1 aromatic heterocycles. The summed E-state index contributed by atoms with van der Waals surface area (Å²) in [5.41, 5.74) is 1.49. The number of sulfonamides is 1. The van der Waals surface area contributed by atoms with Crippen LogP contribution in [-0.4, -0.2) is 36.7 Å². The molecule has 0 spiro atoms. The van der Waals surface area contributed by atoms with Gasteiger partial charge in [0.1, 0.15) is 0 Å². The summed E-state index contributed by atoms with van der Waals surface area (Å²) in [5.74, 6) is 0.976. The first-order valence-corrected chi connectivity index (χ1v) is 11.9. The smallest absolute Gasteiger partial charge is 0.243 e. The zero-order valence-electron chi connectivity index (χ0n) is 17.2. The fourth-order valence-electron chi connectivity index (χ4n) is 3.57. The van der Waals surface area contributed by atoms with E-state index < -0.39 is 10.0 Å². The van der Waals surface area contributed by atoms with Gasteiger partial charge in [0, 0.05) is 37.2 Å². The van der Waals surface area contributed by atoms with Gasteiger partial charge in [-0.15, -0.1) is 0 Å². The Kier molecular flexibility index (Phi) is 6.48. The SMILES string of the molecule is O=C(CCc1ncc(-c2ccccc2)o1)Nc1ccc(S(=O)(=O)N2CCCCC2)cc1. The molecule has 2 aromatic carbocycles. The average Bonchev–Trinajstić information content (AvgIpc) is 3.28. The van der Waals surface area contributed by atoms with Gasteiger partial charge in [-0.25, -0.2) is 13.4 Å². The lowest BCUT2D eigenvalue weighted by atomic mass is 10.2. The molecule has 0 aliphatic carbocycles. The van der Waals surface area contributed by atoms with Gasteiger partial charge in [-0.3, -0.25) is 4.79 Å². The number of hydrogen-bond donors (Lipinski definition) is 1. The summed E-state index contributed by atoms with van der Waals surface area (Å²) >= 11 is 0. The number of anilines is 1. The van der Waals surface area contributed by atoms with E-state index in [0.29, 0.717) is 36.8 Å². The summed E-state index contributed by atoms with van der Waals surface area (Å²) < 4.78 is 32.7. The first-order chi connectivity index (χ1) is 15.0. The van der Waals surface area contributed by atoms with E-state index in [1.807, 2.05) is 30.3 Å². The molecule has 1 aliphatic heterocycles. The molecule has 8 heteroatoms. The molecule has 1 fully saturated rings. The number of aryl methyl sites for hydroxylation is 1. The van der Waals surface area contributed by atoms with Crippen molar-refractivity contribution in [3.8, 4) is 11.3 Å². The molecular formula is C23H25N3O4S. The van der Waals surface area contributed by atoms with Gasteiger partial charge in [-0.1, -0.05) is 36.8 Å². The van der Waals surface area contributed by atoms with Crippen molar-refractivity contribution in [3.05, 3.63) is 66.7 Å². The van der Waals surface area contributed by atoms with Crippen LogP contribution in [0.5, 0.6) is 0 Å². The molecule has 7 nitrogen and oxygen atoms in total. The molecule has 0 unspecified atom stereocenters. The van der Waals surface area contributed by atoms with Gasteiger partial charge in [0.2, 0.25) is 15.9 Å². The van der Waals surface area contributed by atoms with E-state index in [1.54, 1.807) is 30.5 Å². The highest BCUT2D eigenvalue weighted by atomic mass is 32.2. The molecule has 0 radical (unpaired) electrons. The van der Waals surface area contributed by atoms with E-state index in [0.717, 1.165) is 24.8 Å². The number of nitrogens with zero attached hydrogens (tertiary/aromatic N) is 2. The third-order valence-corrected chi connectivity index (χ3v) is 7.18. The van der Waals surface area contributed by atoms with Crippen LogP contribution in [0.1, 0.15) is 31.6 Å². The molecular weight excluding hydrogens is 414 g/mol. The number of piperidine rings is 1. The van der Waals surface area contributed by atoms with Gasteiger partial charge >= 0.3 is 0 Å². The van der Waals surface area contributed by atoms with Gasteiger partial charge in [0.05, 0.1) is 11.1 Å². The molecule has 4 rings (SSSR count). The summed E-state index contributed by atoms with van der Waals surface area (Å²) in [7, 11) is -3.47. The lowest BCUT2D eigenvalue weighted by Crippen LogP contribution is -2.35. The minimum absolute atomic E-state index is 0.189. The fourth-order valence-corrected chi connectivity index (χ4v) is 5.09. The van der Waals surface area contributed by atoms with Crippen LogP contribution >= 0.6 is 0 Å². The Hall–Kier alpha value is -2.97. The molecule has 0 saturated carbocycles. The van der Waals surface area contributed by atoms with E-state index in [4.69, 9.17) is 4.42 Å². The molecule has 31 heavy (non-hydrogen) atoms. The van der Waals surface area contributed by atoms with E-state index in [9.17, 15) is 13.2 Å². The van der Waals surface area contributed by atoms with Crippen molar-refractivity contribution < 1.29 is 17.6 Å². The second kappa shape index (κ2) is 9.45. The maximum atomic E-state index is 12.7. The molecule has 2 heterocycles. The van der Waals surface area contributed by atoms with Crippen molar-refractivity contribution in [1.82, 2.24) is 9.29 Å². The Labute approximate surface area is 182 Å². The number of benzene rings is 2. The first kappa shape index (κ1) is 21.3.